The van der Waals surface area contributed by atoms with Gasteiger partial charge in [-0.05, 0) is 41.9 Å². The lowest BCUT2D eigenvalue weighted by Gasteiger charge is -2.18. The predicted molar refractivity (Wildman–Crippen MR) is 144 cm³/mol. The van der Waals surface area contributed by atoms with Crippen molar-refractivity contribution in [3.05, 3.63) is 72.2 Å². The Morgan fingerprint density at radius 1 is 0.545 bits per heavy atom. The van der Waals surface area contributed by atoms with Crippen molar-refractivity contribution < 1.29 is 4.79 Å². The van der Waals surface area contributed by atoms with Gasteiger partial charge in [-0.1, -0.05) is 128 Å². The molecular formula is C31H47NO. The normalized spacial score (nSPS) is 15.1. The predicted octanol–water partition coefficient (Wildman–Crippen LogP) is 9.14. The zero-order valence-electron chi connectivity index (χ0n) is 21.1. The Balaban J connectivity index is 1.38. The number of unbranched alkanes of at least 4 members (excludes halogenated alkanes) is 15. The summed E-state index contributed by atoms with van der Waals surface area (Å²) in [6.07, 6.45) is 42.4. The molecule has 0 saturated carbocycles. The minimum absolute atomic E-state index is 0.0574. The van der Waals surface area contributed by atoms with Gasteiger partial charge in [0.15, 0.2) is 5.78 Å². The van der Waals surface area contributed by atoms with E-state index in [1.165, 1.54) is 108 Å². The molecule has 1 aliphatic carbocycles. The van der Waals surface area contributed by atoms with Gasteiger partial charge in [-0.15, -0.1) is 0 Å². The van der Waals surface area contributed by atoms with E-state index in [0.717, 1.165) is 12.1 Å². The smallest absolute Gasteiger partial charge is 0.178 e. The Bertz CT molecular complexity index is 685. The van der Waals surface area contributed by atoms with Crippen molar-refractivity contribution in [2.75, 3.05) is 6.54 Å². The first-order valence-electron chi connectivity index (χ1n) is 13.7. The molecule has 2 aliphatic rings. The lowest BCUT2D eigenvalue weighted by molar-refractivity contribution is -0.110. The van der Waals surface area contributed by atoms with E-state index in [9.17, 15) is 4.79 Å². The molecule has 0 spiro atoms. The monoisotopic (exact) mass is 449 g/mol. The summed E-state index contributed by atoms with van der Waals surface area (Å²) in [6.45, 7) is 3.40. The average molecular weight is 450 g/mol. The number of ketones is 1. The molecule has 182 valence electrons. The highest BCUT2D eigenvalue weighted by atomic mass is 16.1. The number of hydrogen-bond donors (Lipinski definition) is 0. The van der Waals surface area contributed by atoms with Gasteiger partial charge in [0.2, 0.25) is 0 Å². The first kappa shape index (κ1) is 27.2. The van der Waals surface area contributed by atoms with Gasteiger partial charge in [0.25, 0.3) is 0 Å². The molecule has 2 heteroatoms. The summed E-state index contributed by atoms with van der Waals surface area (Å²) in [5.41, 5.74) is 2.24. The van der Waals surface area contributed by atoms with Gasteiger partial charge in [0, 0.05) is 18.9 Å². The van der Waals surface area contributed by atoms with E-state index in [4.69, 9.17) is 0 Å². The molecule has 1 aliphatic heterocycles. The number of hydrogen-bond acceptors (Lipinski definition) is 2. The second-order valence-corrected chi connectivity index (χ2v) is 9.57. The Labute approximate surface area is 203 Å². The topological polar surface area (TPSA) is 20.3 Å². The fraction of sp³-hybridized carbons (Fsp3) is 0.581. The third kappa shape index (κ3) is 13.9. The minimum atomic E-state index is 0.0574. The zero-order chi connectivity index (χ0) is 23.4. The molecule has 0 saturated heterocycles. The summed E-state index contributed by atoms with van der Waals surface area (Å²) in [7, 11) is 0. The van der Waals surface area contributed by atoms with Crippen molar-refractivity contribution in [3.63, 3.8) is 0 Å². The van der Waals surface area contributed by atoms with Gasteiger partial charge >= 0.3 is 0 Å². The van der Waals surface area contributed by atoms with Crippen molar-refractivity contribution in [2.45, 2.75) is 110 Å². The van der Waals surface area contributed by atoms with Crippen molar-refractivity contribution in [3.8, 4) is 0 Å². The molecule has 1 heterocycles. The highest BCUT2D eigenvalue weighted by Crippen LogP contribution is 2.15. The molecule has 0 amide bonds. The molecule has 2 nitrogen and oxygen atoms in total. The number of rotatable bonds is 18. The van der Waals surface area contributed by atoms with Gasteiger partial charge in [-0.2, -0.15) is 0 Å². The van der Waals surface area contributed by atoms with Gasteiger partial charge in [-0.3, -0.25) is 4.79 Å². The highest BCUT2D eigenvalue weighted by Gasteiger charge is 2.01. The minimum Gasteiger partial charge on any atom is -0.354 e. The van der Waals surface area contributed by atoms with Crippen molar-refractivity contribution in [1.29, 1.82) is 0 Å². The van der Waals surface area contributed by atoms with Crippen LogP contribution in [-0.2, 0) is 4.79 Å². The summed E-state index contributed by atoms with van der Waals surface area (Å²) in [4.78, 5) is 13.4. The molecular weight excluding hydrogens is 402 g/mol. The molecule has 0 radical (unpaired) electrons. The quantitative estimate of drug-likeness (QED) is 0.194. The van der Waals surface area contributed by atoms with E-state index in [2.05, 4.69) is 48.5 Å². The van der Waals surface area contributed by atoms with Gasteiger partial charge in [-0.25, -0.2) is 0 Å². The van der Waals surface area contributed by atoms with Crippen LogP contribution < -0.4 is 0 Å². The Morgan fingerprint density at radius 3 is 1.39 bits per heavy atom. The van der Waals surface area contributed by atoms with Crippen LogP contribution in [0.15, 0.2) is 72.2 Å². The number of carbonyl (C=O) groups excluding carboxylic acids is 1. The number of nitrogens with zero attached hydrogens (tertiary/aromatic N) is 1. The first-order chi connectivity index (χ1) is 16.3. The Hall–Kier alpha value is -2.09. The van der Waals surface area contributed by atoms with E-state index in [1.54, 1.807) is 12.2 Å². The van der Waals surface area contributed by atoms with Crippen LogP contribution in [0.1, 0.15) is 110 Å². The third-order valence-electron chi connectivity index (χ3n) is 6.54. The maximum Gasteiger partial charge on any atom is 0.178 e. The molecule has 33 heavy (non-hydrogen) atoms. The van der Waals surface area contributed by atoms with Crippen molar-refractivity contribution in [2.24, 2.45) is 0 Å². The summed E-state index contributed by atoms with van der Waals surface area (Å²) in [5, 5.41) is 0. The molecule has 0 bridgehead atoms. The lowest BCUT2D eigenvalue weighted by Crippen LogP contribution is -2.13. The van der Waals surface area contributed by atoms with E-state index < -0.39 is 0 Å². The molecule has 0 unspecified atom stereocenters. The molecule has 0 atom stereocenters. The molecule has 2 rings (SSSR count). The molecule has 0 aromatic heterocycles. The van der Waals surface area contributed by atoms with Gasteiger partial charge in [0.05, 0.1) is 0 Å². The van der Waals surface area contributed by atoms with Crippen LogP contribution in [0.25, 0.3) is 0 Å². The van der Waals surface area contributed by atoms with E-state index in [0.29, 0.717) is 0 Å². The second kappa shape index (κ2) is 18.3. The summed E-state index contributed by atoms with van der Waals surface area (Å²) < 4.78 is 0. The third-order valence-corrected chi connectivity index (χ3v) is 6.54. The zero-order valence-corrected chi connectivity index (χ0v) is 21.1. The lowest BCUT2D eigenvalue weighted by atomic mass is 10.0. The Morgan fingerprint density at radius 2 is 0.939 bits per heavy atom. The van der Waals surface area contributed by atoms with Crippen LogP contribution in [0.5, 0.6) is 0 Å². The highest BCUT2D eigenvalue weighted by molar-refractivity contribution is 6.01. The Kier molecular flexibility index (Phi) is 15.1. The standard InChI is InChI=1S/C31H47NO/c1-2-3-4-5-6-7-8-9-10-11-12-13-14-15-16-17-26-32-27-24-30(25-28-32)19-18-29-20-22-31(33)23-21-29/h18-25,27-28H,2-17,26H2,1H3. The second-order valence-electron chi connectivity index (χ2n) is 9.57. The molecule has 0 fully saturated rings. The maximum absolute atomic E-state index is 11.2. The summed E-state index contributed by atoms with van der Waals surface area (Å²) in [6, 6.07) is 0. The summed E-state index contributed by atoms with van der Waals surface area (Å²) in [5.74, 6) is 0.0574. The number of carbonyl (C=O) groups is 1. The molecule has 0 aromatic rings. The fourth-order valence-electron chi connectivity index (χ4n) is 4.34. The molecule has 0 N–H and O–H groups in total. The SMILES string of the molecule is CCCCCCCCCCCCCCCCCCN1C=CC(=CC=C2C=CC(=O)C=C2)C=C1. The van der Waals surface area contributed by atoms with E-state index in [-0.39, 0.29) is 5.78 Å². The maximum atomic E-state index is 11.2. The average Bonchev–Trinajstić information content (AvgIpc) is 2.84. The van der Waals surface area contributed by atoms with E-state index >= 15 is 0 Å². The van der Waals surface area contributed by atoms with Crippen molar-refractivity contribution in [1.82, 2.24) is 4.90 Å². The molecule has 0 aromatic carbocycles. The number of allylic oxidation sites excluding steroid dienone is 10. The summed E-state index contributed by atoms with van der Waals surface area (Å²) >= 11 is 0. The van der Waals surface area contributed by atoms with Gasteiger partial charge in [0.1, 0.15) is 0 Å². The van der Waals surface area contributed by atoms with Crippen LogP contribution in [0, 0.1) is 0 Å². The first-order valence-corrected chi connectivity index (χ1v) is 13.7. The van der Waals surface area contributed by atoms with Gasteiger partial charge < -0.3 is 4.90 Å². The van der Waals surface area contributed by atoms with Crippen molar-refractivity contribution >= 4 is 5.78 Å². The van der Waals surface area contributed by atoms with Crippen LogP contribution in [0.4, 0.5) is 0 Å². The largest absolute Gasteiger partial charge is 0.354 e. The van der Waals surface area contributed by atoms with Crippen LogP contribution in [0.3, 0.4) is 0 Å². The fourth-order valence-corrected chi connectivity index (χ4v) is 4.34. The van der Waals surface area contributed by atoms with Crippen LogP contribution in [-0.4, -0.2) is 17.2 Å². The van der Waals surface area contributed by atoms with E-state index in [1.807, 2.05) is 12.2 Å². The van der Waals surface area contributed by atoms with Crippen LogP contribution in [0.2, 0.25) is 0 Å². The van der Waals surface area contributed by atoms with Crippen LogP contribution >= 0.6 is 0 Å².